The lowest BCUT2D eigenvalue weighted by atomic mass is 9.96. The largest absolute Gasteiger partial charge is 0.343 e. The molecule has 0 spiro atoms. The Morgan fingerprint density at radius 2 is 1.32 bits per heavy atom. The van der Waals surface area contributed by atoms with Gasteiger partial charge in [-0.25, -0.2) is 0 Å². The van der Waals surface area contributed by atoms with E-state index in [1.807, 2.05) is 91.0 Å². The fourth-order valence-corrected chi connectivity index (χ4v) is 5.25. The molecule has 0 radical (unpaired) electrons. The SMILES string of the molecule is O=C(NC(c1ccccc1)c1ccccc1)C(c1ccc(Cl)cc1Cl)N(Cc1ccccc1)C(=O)c1ccccn1. The van der Waals surface area contributed by atoms with Crippen LogP contribution >= 0.6 is 23.2 Å². The van der Waals surface area contributed by atoms with Crippen molar-refractivity contribution in [2.45, 2.75) is 18.6 Å². The Balaban J connectivity index is 1.62. The number of benzene rings is 4. The molecule has 7 heteroatoms. The zero-order valence-corrected chi connectivity index (χ0v) is 23.5. The van der Waals surface area contributed by atoms with E-state index in [2.05, 4.69) is 10.3 Å². The summed E-state index contributed by atoms with van der Waals surface area (Å²) < 4.78 is 0. The number of hydrogen-bond acceptors (Lipinski definition) is 3. The summed E-state index contributed by atoms with van der Waals surface area (Å²) >= 11 is 13.0. The van der Waals surface area contributed by atoms with Crippen molar-refractivity contribution in [1.29, 1.82) is 0 Å². The minimum Gasteiger partial charge on any atom is -0.343 e. The number of rotatable bonds is 9. The lowest BCUT2D eigenvalue weighted by Crippen LogP contribution is -2.45. The molecule has 2 amide bonds. The summed E-state index contributed by atoms with van der Waals surface area (Å²) in [5.74, 6) is -0.802. The quantitative estimate of drug-likeness (QED) is 0.195. The number of aromatic nitrogens is 1. The molecule has 1 aromatic heterocycles. The second-order valence-corrected chi connectivity index (χ2v) is 10.3. The molecule has 1 unspecified atom stereocenters. The van der Waals surface area contributed by atoms with Crippen LogP contribution in [0.15, 0.2) is 134 Å². The summed E-state index contributed by atoms with van der Waals surface area (Å²) in [5, 5.41) is 3.92. The molecular weight excluding hydrogens is 553 g/mol. The summed E-state index contributed by atoms with van der Waals surface area (Å²) in [6.45, 7) is 0.147. The van der Waals surface area contributed by atoms with Gasteiger partial charge in [-0.3, -0.25) is 14.6 Å². The molecule has 0 fully saturated rings. The maximum atomic E-state index is 14.5. The number of pyridine rings is 1. The molecule has 0 aliphatic heterocycles. The predicted molar refractivity (Wildman–Crippen MR) is 163 cm³/mol. The average molecular weight is 581 g/mol. The summed E-state index contributed by atoms with van der Waals surface area (Å²) in [6.07, 6.45) is 1.55. The molecule has 5 aromatic rings. The second kappa shape index (κ2) is 13.3. The highest BCUT2D eigenvalue weighted by atomic mass is 35.5. The molecule has 1 heterocycles. The first-order chi connectivity index (χ1) is 20.0. The maximum absolute atomic E-state index is 14.5. The van der Waals surface area contributed by atoms with E-state index in [9.17, 15) is 9.59 Å². The first kappa shape index (κ1) is 28.1. The van der Waals surface area contributed by atoms with Crippen LogP contribution in [0.2, 0.25) is 10.0 Å². The average Bonchev–Trinajstić information content (AvgIpc) is 3.02. The Labute approximate surface area is 249 Å². The highest BCUT2D eigenvalue weighted by Gasteiger charge is 2.35. The van der Waals surface area contributed by atoms with E-state index in [0.717, 1.165) is 16.7 Å². The van der Waals surface area contributed by atoms with Crippen LogP contribution in [0.25, 0.3) is 0 Å². The Kier molecular flexibility index (Phi) is 9.09. The molecule has 204 valence electrons. The van der Waals surface area contributed by atoms with Crippen molar-refractivity contribution in [2.75, 3.05) is 0 Å². The van der Waals surface area contributed by atoms with Crippen LogP contribution in [0.4, 0.5) is 0 Å². The molecule has 5 nitrogen and oxygen atoms in total. The van der Waals surface area contributed by atoms with E-state index in [1.54, 1.807) is 42.6 Å². The van der Waals surface area contributed by atoms with E-state index in [1.165, 1.54) is 4.90 Å². The minimum atomic E-state index is -1.09. The molecule has 41 heavy (non-hydrogen) atoms. The van der Waals surface area contributed by atoms with Gasteiger partial charge in [-0.2, -0.15) is 0 Å². The number of hydrogen-bond donors (Lipinski definition) is 1. The van der Waals surface area contributed by atoms with Gasteiger partial charge in [0.25, 0.3) is 5.91 Å². The van der Waals surface area contributed by atoms with Crippen LogP contribution in [0.3, 0.4) is 0 Å². The van der Waals surface area contributed by atoms with Crippen molar-refractivity contribution in [1.82, 2.24) is 15.2 Å². The van der Waals surface area contributed by atoms with Gasteiger partial charge in [-0.05, 0) is 41.0 Å². The molecule has 0 aliphatic rings. The standard InChI is InChI=1S/C34H27Cl2N3O2/c35-27-19-20-28(29(36)22-27)32(33(40)38-31(25-14-6-2-7-15-25)26-16-8-3-9-17-26)39(23-24-12-4-1-5-13-24)34(41)30-18-10-11-21-37-30/h1-22,31-32H,23H2,(H,38,40). The van der Waals surface area contributed by atoms with Crippen molar-refractivity contribution in [3.8, 4) is 0 Å². The zero-order valence-electron chi connectivity index (χ0n) is 22.0. The van der Waals surface area contributed by atoms with Crippen LogP contribution in [0.5, 0.6) is 0 Å². The molecule has 0 saturated heterocycles. The van der Waals surface area contributed by atoms with E-state index < -0.39 is 23.9 Å². The fraction of sp³-hybridized carbons (Fsp3) is 0.0882. The normalized spacial score (nSPS) is 11.6. The van der Waals surface area contributed by atoms with Gasteiger partial charge < -0.3 is 10.2 Å². The van der Waals surface area contributed by atoms with E-state index >= 15 is 0 Å². The molecular formula is C34H27Cl2N3O2. The number of carbonyl (C=O) groups is 2. The van der Waals surface area contributed by atoms with Crippen LogP contribution < -0.4 is 5.32 Å². The first-order valence-electron chi connectivity index (χ1n) is 13.1. The van der Waals surface area contributed by atoms with Crippen LogP contribution in [0, 0.1) is 0 Å². The molecule has 0 aliphatic carbocycles. The molecule has 1 N–H and O–H groups in total. The topological polar surface area (TPSA) is 62.3 Å². The van der Waals surface area contributed by atoms with Gasteiger partial charge in [-0.1, -0.05) is 126 Å². The number of carbonyl (C=O) groups excluding carboxylic acids is 2. The van der Waals surface area contributed by atoms with Gasteiger partial charge in [0.2, 0.25) is 5.91 Å². The van der Waals surface area contributed by atoms with Gasteiger partial charge in [0.15, 0.2) is 0 Å². The third-order valence-electron chi connectivity index (χ3n) is 6.71. The highest BCUT2D eigenvalue weighted by molar-refractivity contribution is 6.35. The molecule has 0 saturated carbocycles. The monoisotopic (exact) mass is 579 g/mol. The third kappa shape index (κ3) is 6.83. The Bertz CT molecular complexity index is 1560. The van der Waals surface area contributed by atoms with Crippen LogP contribution in [0.1, 0.15) is 44.8 Å². The number of nitrogens with zero attached hydrogens (tertiary/aromatic N) is 2. The van der Waals surface area contributed by atoms with E-state index in [0.29, 0.717) is 10.6 Å². The van der Waals surface area contributed by atoms with Crippen molar-refractivity contribution < 1.29 is 9.59 Å². The second-order valence-electron chi connectivity index (χ2n) is 9.46. The fourth-order valence-electron chi connectivity index (χ4n) is 4.74. The van der Waals surface area contributed by atoms with E-state index in [4.69, 9.17) is 23.2 Å². The van der Waals surface area contributed by atoms with Crippen molar-refractivity contribution in [2.24, 2.45) is 0 Å². The van der Waals surface area contributed by atoms with Crippen LogP contribution in [-0.2, 0) is 11.3 Å². The number of amides is 2. The lowest BCUT2D eigenvalue weighted by molar-refractivity contribution is -0.126. The summed E-state index contributed by atoms with van der Waals surface area (Å²) in [4.78, 5) is 34.4. The Morgan fingerprint density at radius 3 is 1.88 bits per heavy atom. The third-order valence-corrected chi connectivity index (χ3v) is 7.27. The summed E-state index contributed by atoms with van der Waals surface area (Å²) in [5.41, 5.74) is 3.32. The van der Waals surface area contributed by atoms with Gasteiger partial charge >= 0.3 is 0 Å². The van der Waals surface area contributed by atoms with Crippen molar-refractivity contribution >= 4 is 35.0 Å². The minimum absolute atomic E-state index is 0.147. The highest BCUT2D eigenvalue weighted by Crippen LogP contribution is 2.34. The van der Waals surface area contributed by atoms with Gasteiger partial charge in [0.1, 0.15) is 11.7 Å². The molecule has 4 aromatic carbocycles. The summed E-state index contributed by atoms with van der Waals surface area (Å²) in [7, 11) is 0. The van der Waals surface area contributed by atoms with Crippen LogP contribution in [-0.4, -0.2) is 21.7 Å². The van der Waals surface area contributed by atoms with Gasteiger partial charge in [-0.15, -0.1) is 0 Å². The maximum Gasteiger partial charge on any atom is 0.273 e. The zero-order chi connectivity index (χ0) is 28.6. The summed E-state index contributed by atoms with van der Waals surface area (Å²) in [6, 6.07) is 37.4. The molecule has 5 rings (SSSR count). The number of halogens is 2. The first-order valence-corrected chi connectivity index (χ1v) is 13.9. The Hall–Kier alpha value is -4.45. The van der Waals surface area contributed by atoms with Crippen molar-refractivity contribution in [3.05, 3.63) is 172 Å². The van der Waals surface area contributed by atoms with E-state index in [-0.39, 0.29) is 17.3 Å². The molecule has 1 atom stereocenters. The smallest absolute Gasteiger partial charge is 0.273 e. The van der Waals surface area contributed by atoms with Gasteiger partial charge in [0, 0.05) is 28.4 Å². The lowest BCUT2D eigenvalue weighted by Gasteiger charge is -2.33. The number of nitrogens with one attached hydrogen (secondary N) is 1. The predicted octanol–water partition coefficient (Wildman–Crippen LogP) is 7.68. The van der Waals surface area contributed by atoms with Gasteiger partial charge in [0.05, 0.1) is 6.04 Å². The van der Waals surface area contributed by atoms with Crippen molar-refractivity contribution in [3.63, 3.8) is 0 Å². The Morgan fingerprint density at radius 1 is 0.732 bits per heavy atom. The molecule has 0 bridgehead atoms.